The van der Waals surface area contributed by atoms with Crippen molar-refractivity contribution >= 4 is 15.8 Å². The molecule has 7 heteroatoms. The van der Waals surface area contributed by atoms with Gasteiger partial charge < -0.3 is 5.11 Å². The summed E-state index contributed by atoms with van der Waals surface area (Å²) in [6.45, 7) is 0. The van der Waals surface area contributed by atoms with Crippen molar-refractivity contribution in [3.8, 4) is 0 Å². The molecule has 0 aromatic heterocycles. The molecule has 0 amide bonds. The third kappa shape index (κ3) is 2.66. The second-order valence-corrected chi connectivity index (χ2v) is 5.83. The van der Waals surface area contributed by atoms with Crippen molar-refractivity contribution in [1.82, 2.24) is 0 Å². The number of hydrogen-bond donors (Lipinski definition) is 2. The lowest BCUT2D eigenvalue weighted by molar-refractivity contribution is -0.147. The molecule has 0 unspecified atom stereocenters. The van der Waals surface area contributed by atoms with Crippen LogP contribution in [0.1, 0.15) is 19.3 Å². The lowest BCUT2D eigenvalue weighted by Crippen LogP contribution is -2.45. The third-order valence-corrected chi connectivity index (χ3v) is 4.11. The van der Waals surface area contributed by atoms with Crippen molar-refractivity contribution in [2.24, 2.45) is 5.90 Å². The Hall–Kier alpha value is -0.660. The minimum atomic E-state index is -3.03. The Morgan fingerprint density at radius 3 is 2.29 bits per heavy atom. The maximum atomic E-state index is 11.1. The lowest BCUT2D eigenvalue weighted by atomic mass is 9.93. The van der Waals surface area contributed by atoms with Crippen LogP contribution in [-0.2, 0) is 19.5 Å². The highest BCUT2D eigenvalue weighted by Gasteiger charge is 2.39. The van der Waals surface area contributed by atoms with Gasteiger partial charge in [-0.25, -0.2) is 14.3 Å². The van der Waals surface area contributed by atoms with Crippen LogP contribution >= 0.6 is 0 Å². The predicted molar refractivity (Wildman–Crippen MR) is 48.1 cm³/mol. The van der Waals surface area contributed by atoms with Gasteiger partial charge in [0.1, 0.15) is 5.60 Å². The average Bonchev–Trinajstić information content (AvgIpc) is 2.09. The Morgan fingerprint density at radius 1 is 1.43 bits per heavy atom. The minimum absolute atomic E-state index is 0.0581. The fraction of sp³-hybridized carbons (Fsp3) is 0.857. The molecule has 1 saturated heterocycles. The molecule has 14 heavy (non-hydrogen) atoms. The molecule has 0 saturated carbocycles. The Balaban J connectivity index is 2.70. The molecular formula is C7H13NO5S. The van der Waals surface area contributed by atoms with Gasteiger partial charge in [-0.05, 0) is 12.8 Å². The Labute approximate surface area is 81.9 Å². The highest BCUT2D eigenvalue weighted by molar-refractivity contribution is 7.91. The molecule has 1 fully saturated rings. The first-order valence-corrected chi connectivity index (χ1v) is 6.01. The van der Waals surface area contributed by atoms with Gasteiger partial charge >= 0.3 is 5.97 Å². The van der Waals surface area contributed by atoms with Crippen molar-refractivity contribution in [3.63, 3.8) is 0 Å². The smallest absolute Gasteiger partial charge is 0.306 e. The van der Waals surface area contributed by atoms with E-state index in [-0.39, 0.29) is 30.8 Å². The zero-order valence-electron chi connectivity index (χ0n) is 7.60. The molecule has 1 aliphatic heterocycles. The molecule has 82 valence electrons. The monoisotopic (exact) mass is 223 g/mol. The number of carboxylic acids is 1. The van der Waals surface area contributed by atoms with Gasteiger partial charge in [-0.1, -0.05) is 0 Å². The zero-order valence-corrected chi connectivity index (χ0v) is 8.42. The standard InChI is InChI=1S/C7H13NO5S/c8-13-7(5-6(9)10)1-3-14(11,12)4-2-7/h1-5,8H2,(H,9,10). The Bertz CT molecular complexity index is 309. The van der Waals surface area contributed by atoms with E-state index in [4.69, 9.17) is 11.0 Å². The Kier molecular flexibility index (Phi) is 3.13. The summed E-state index contributed by atoms with van der Waals surface area (Å²) in [5, 5.41) is 8.61. The number of rotatable bonds is 3. The molecule has 0 spiro atoms. The lowest BCUT2D eigenvalue weighted by Gasteiger charge is -2.33. The van der Waals surface area contributed by atoms with Crippen molar-refractivity contribution in [2.75, 3.05) is 11.5 Å². The van der Waals surface area contributed by atoms with Crippen LogP contribution in [0.25, 0.3) is 0 Å². The van der Waals surface area contributed by atoms with Crippen LogP contribution < -0.4 is 5.90 Å². The van der Waals surface area contributed by atoms with Crippen molar-refractivity contribution in [1.29, 1.82) is 0 Å². The quantitative estimate of drug-likeness (QED) is 0.612. The fourth-order valence-electron chi connectivity index (χ4n) is 1.52. The summed E-state index contributed by atoms with van der Waals surface area (Å²) in [4.78, 5) is 15.1. The molecule has 0 aromatic carbocycles. The molecule has 0 atom stereocenters. The predicted octanol–water partition coefficient (Wildman–Crippen LogP) is -0.701. The van der Waals surface area contributed by atoms with E-state index in [0.29, 0.717) is 0 Å². The summed E-state index contributed by atoms with van der Waals surface area (Å²) in [6, 6.07) is 0. The molecule has 0 aromatic rings. The third-order valence-electron chi connectivity index (χ3n) is 2.46. The number of sulfone groups is 1. The second-order valence-electron chi connectivity index (χ2n) is 3.52. The van der Waals surface area contributed by atoms with Crippen LogP contribution in [0, 0.1) is 0 Å². The van der Waals surface area contributed by atoms with Crippen LogP contribution in [0.2, 0.25) is 0 Å². The SMILES string of the molecule is NOC1(CC(=O)O)CCS(=O)(=O)CC1. The Morgan fingerprint density at radius 2 is 1.93 bits per heavy atom. The maximum Gasteiger partial charge on any atom is 0.306 e. The van der Waals surface area contributed by atoms with E-state index in [9.17, 15) is 13.2 Å². The largest absolute Gasteiger partial charge is 0.481 e. The first-order chi connectivity index (χ1) is 6.39. The van der Waals surface area contributed by atoms with E-state index >= 15 is 0 Å². The van der Waals surface area contributed by atoms with Crippen LogP contribution in [0.3, 0.4) is 0 Å². The number of hydrogen-bond acceptors (Lipinski definition) is 5. The molecule has 0 aliphatic carbocycles. The average molecular weight is 223 g/mol. The summed E-state index contributed by atoms with van der Waals surface area (Å²) in [5.74, 6) is 3.87. The second kappa shape index (κ2) is 3.84. The van der Waals surface area contributed by atoms with Gasteiger partial charge in [0, 0.05) is 0 Å². The summed E-state index contributed by atoms with van der Waals surface area (Å²) in [6.07, 6.45) is 0.0509. The molecular weight excluding hydrogens is 210 g/mol. The van der Waals surface area contributed by atoms with Crippen molar-refractivity contribution < 1.29 is 23.2 Å². The molecule has 3 N–H and O–H groups in total. The molecule has 0 radical (unpaired) electrons. The summed E-state index contributed by atoms with van der Waals surface area (Å²) in [7, 11) is -3.03. The first-order valence-electron chi connectivity index (χ1n) is 4.19. The van der Waals surface area contributed by atoms with E-state index < -0.39 is 21.4 Å². The van der Waals surface area contributed by atoms with Crippen LogP contribution in [0.5, 0.6) is 0 Å². The number of aliphatic carboxylic acids is 1. The molecule has 1 aliphatic rings. The van der Waals surface area contributed by atoms with E-state index in [1.165, 1.54) is 0 Å². The van der Waals surface area contributed by atoms with Crippen LogP contribution in [0.4, 0.5) is 0 Å². The number of nitrogens with two attached hydrogens (primary N) is 1. The fourth-order valence-corrected chi connectivity index (χ4v) is 3.09. The van der Waals surface area contributed by atoms with E-state index in [1.807, 2.05) is 0 Å². The van der Waals surface area contributed by atoms with Gasteiger partial charge in [-0.3, -0.25) is 9.63 Å². The number of carbonyl (C=O) groups is 1. The first kappa shape index (κ1) is 11.4. The zero-order chi connectivity index (χ0) is 10.8. The molecule has 6 nitrogen and oxygen atoms in total. The summed E-state index contributed by atoms with van der Waals surface area (Å²) < 4.78 is 22.2. The topological polar surface area (TPSA) is 107 Å². The summed E-state index contributed by atoms with van der Waals surface area (Å²) >= 11 is 0. The molecule has 0 bridgehead atoms. The van der Waals surface area contributed by atoms with Gasteiger partial charge in [0.15, 0.2) is 9.84 Å². The van der Waals surface area contributed by atoms with Gasteiger partial charge in [0.2, 0.25) is 0 Å². The minimum Gasteiger partial charge on any atom is -0.481 e. The van der Waals surface area contributed by atoms with E-state index in [1.54, 1.807) is 0 Å². The highest BCUT2D eigenvalue weighted by atomic mass is 32.2. The van der Waals surface area contributed by atoms with Gasteiger partial charge in [0.25, 0.3) is 0 Å². The summed E-state index contributed by atoms with van der Waals surface area (Å²) in [5.41, 5.74) is -1.00. The van der Waals surface area contributed by atoms with Crippen molar-refractivity contribution in [3.05, 3.63) is 0 Å². The van der Waals surface area contributed by atoms with Gasteiger partial charge in [-0.15, -0.1) is 0 Å². The maximum absolute atomic E-state index is 11.1. The molecule has 1 rings (SSSR count). The van der Waals surface area contributed by atoms with Gasteiger partial charge in [0.05, 0.1) is 17.9 Å². The van der Waals surface area contributed by atoms with Gasteiger partial charge in [-0.2, -0.15) is 0 Å². The highest BCUT2D eigenvalue weighted by Crippen LogP contribution is 2.29. The van der Waals surface area contributed by atoms with Crippen molar-refractivity contribution in [2.45, 2.75) is 24.9 Å². The number of carboxylic acid groups (broad SMARTS) is 1. The van der Waals surface area contributed by atoms with Crippen LogP contribution in [0.15, 0.2) is 0 Å². The van der Waals surface area contributed by atoms with E-state index in [2.05, 4.69) is 4.84 Å². The van der Waals surface area contributed by atoms with Crippen LogP contribution in [-0.4, -0.2) is 36.6 Å². The van der Waals surface area contributed by atoms with E-state index in [0.717, 1.165) is 0 Å². The normalized spacial score (nSPS) is 24.4. The molecule has 1 heterocycles.